The van der Waals surface area contributed by atoms with Gasteiger partial charge in [-0.1, -0.05) is 70.8 Å². The Labute approximate surface area is 179 Å². The molecule has 0 unspecified atom stereocenters. The fourth-order valence-electron chi connectivity index (χ4n) is 2.63. The molecule has 0 heterocycles. The van der Waals surface area contributed by atoms with Gasteiger partial charge in [-0.15, -0.1) is 0 Å². The first-order chi connectivity index (χ1) is 13.9. The van der Waals surface area contributed by atoms with Gasteiger partial charge in [0, 0.05) is 33.8 Å². The highest BCUT2D eigenvalue weighted by molar-refractivity contribution is 6.45. The van der Waals surface area contributed by atoms with Crippen LogP contribution >= 0.6 is 23.2 Å². The van der Waals surface area contributed by atoms with E-state index in [0.717, 1.165) is 0 Å². The second-order valence-electron chi connectivity index (χ2n) is 5.85. The van der Waals surface area contributed by atoms with Gasteiger partial charge >= 0.3 is 0 Å². The average Bonchev–Trinajstić information content (AvgIpc) is 2.72. The summed E-state index contributed by atoms with van der Waals surface area (Å²) in [6.45, 7) is 1.81. The zero-order valence-electron chi connectivity index (χ0n) is 16.2. The first-order valence-corrected chi connectivity index (χ1v) is 9.32. The van der Waals surface area contributed by atoms with Gasteiger partial charge in [0.05, 0.1) is 0 Å². The maximum Gasteiger partial charge on any atom is 0.273 e. The fraction of sp³-hybridized carbons (Fsp3) is 0.143. The summed E-state index contributed by atoms with van der Waals surface area (Å²) in [4.78, 5) is 22.3. The second kappa shape index (κ2) is 10.7. The summed E-state index contributed by atoms with van der Waals surface area (Å²) in [6, 6.07) is 12.3. The largest absolute Gasteiger partial charge is 0.411 e. The van der Waals surface area contributed by atoms with Crippen LogP contribution in [-0.2, 0) is 14.5 Å². The van der Waals surface area contributed by atoms with Crippen LogP contribution in [0, 0.1) is 0 Å². The number of oxime groups is 1. The summed E-state index contributed by atoms with van der Waals surface area (Å²) in [5, 5.41) is 7.43. The summed E-state index contributed by atoms with van der Waals surface area (Å²) < 4.78 is 0. The first-order valence-electron chi connectivity index (χ1n) is 8.57. The van der Waals surface area contributed by atoms with Crippen LogP contribution in [0.1, 0.15) is 23.6 Å². The molecular weight excluding hydrogens is 413 g/mol. The van der Waals surface area contributed by atoms with Crippen LogP contribution in [0.5, 0.6) is 0 Å². The van der Waals surface area contributed by atoms with Crippen molar-refractivity contribution in [1.82, 2.24) is 5.32 Å². The number of carbonyl (C=O) groups excluding carboxylic acids is 1. The number of halogens is 2. The smallest absolute Gasteiger partial charge is 0.273 e. The quantitative estimate of drug-likeness (QED) is 0.292. The second-order valence-corrected chi connectivity index (χ2v) is 6.66. The number of amides is 1. The van der Waals surface area contributed by atoms with E-state index in [9.17, 15) is 4.79 Å². The highest BCUT2D eigenvalue weighted by Gasteiger charge is 2.20. The Morgan fingerprint density at radius 1 is 1.10 bits per heavy atom. The molecule has 152 valence electrons. The van der Waals surface area contributed by atoms with Gasteiger partial charge in [0.2, 0.25) is 0 Å². The van der Waals surface area contributed by atoms with E-state index in [1.165, 1.54) is 14.2 Å². The standard InChI is InChI=1S/C21H21Cl2N3O3/c1-13(11-12-16-17(22)9-6-10-18(16)23)20(29-24)15-8-5-4-7-14(15)19(26-28-3)21(27)25-2/h4-12H,24H2,1-3H3,(H,25,27). The number of nitrogens with two attached hydrogens (primary N) is 1. The summed E-state index contributed by atoms with van der Waals surface area (Å²) in [5.41, 5.74) is 2.52. The van der Waals surface area contributed by atoms with Crippen LogP contribution in [0.4, 0.5) is 0 Å². The summed E-state index contributed by atoms with van der Waals surface area (Å²) in [5.74, 6) is 5.51. The molecule has 0 fully saturated rings. The van der Waals surface area contributed by atoms with Gasteiger partial charge in [-0.3, -0.25) is 4.79 Å². The minimum absolute atomic E-state index is 0.0890. The Hall–Kier alpha value is -2.80. The van der Waals surface area contributed by atoms with Crippen LogP contribution in [0.25, 0.3) is 11.8 Å². The van der Waals surface area contributed by atoms with Crippen molar-refractivity contribution in [2.24, 2.45) is 11.1 Å². The van der Waals surface area contributed by atoms with Crippen molar-refractivity contribution < 1.29 is 14.5 Å². The normalized spacial score (nSPS) is 12.6. The van der Waals surface area contributed by atoms with E-state index >= 15 is 0 Å². The molecule has 0 saturated carbocycles. The molecule has 6 nitrogen and oxygen atoms in total. The van der Waals surface area contributed by atoms with Gasteiger partial charge < -0.3 is 15.0 Å². The average molecular weight is 434 g/mol. The van der Waals surface area contributed by atoms with Crippen LogP contribution in [0.3, 0.4) is 0 Å². The van der Waals surface area contributed by atoms with Gasteiger partial charge in [-0.25, -0.2) is 0 Å². The van der Waals surface area contributed by atoms with Crippen LogP contribution in [0.2, 0.25) is 10.0 Å². The third kappa shape index (κ3) is 5.38. The number of nitrogens with one attached hydrogen (secondary N) is 1. The lowest BCUT2D eigenvalue weighted by Crippen LogP contribution is -2.29. The van der Waals surface area contributed by atoms with Crippen molar-refractivity contribution in [3.8, 4) is 0 Å². The molecule has 2 aromatic carbocycles. The molecular formula is C21H21Cl2N3O3. The lowest BCUT2D eigenvalue weighted by atomic mass is 9.98. The van der Waals surface area contributed by atoms with Crippen molar-refractivity contribution in [3.05, 3.63) is 80.8 Å². The molecule has 29 heavy (non-hydrogen) atoms. The Morgan fingerprint density at radius 3 is 2.28 bits per heavy atom. The summed E-state index contributed by atoms with van der Waals surface area (Å²) in [7, 11) is 2.87. The maximum atomic E-state index is 12.3. The molecule has 0 aliphatic carbocycles. The zero-order chi connectivity index (χ0) is 21.4. The van der Waals surface area contributed by atoms with Crippen molar-refractivity contribution in [2.75, 3.05) is 14.2 Å². The molecule has 0 spiro atoms. The Kier molecular flexibility index (Phi) is 8.27. The van der Waals surface area contributed by atoms with Gasteiger partial charge in [0.1, 0.15) is 7.11 Å². The molecule has 0 bridgehead atoms. The minimum Gasteiger partial charge on any atom is -0.411 e. The Morgan fingerprint density at radius 2 is 1.72 bits per heavy atom. The number of carbonyl (C=O) groups is 1. The molecule has 0 aliphatic heterocycles. The Balaban J connectivity index is 2.58. The number of nitrogens with zero attached hydrogens (tertiary/aromatic N) is 1. The molecule has 8 heteroatoms. The maximum absolute atomic E-state index is 12.3. The van der Waals surface area contributed by atoms with Crippen molar-refractivity contribution in [1.29, 1.82) is 0 Å². The number of likely N-dealkylation sites (N-methyl/N-ethyl adjacent to an activating group) is 1. The van der Waals surface area contributed by atoms with Crippen LogP contribution in [0.15, 0.2) is 59.3 Å². The van der Waals surface area contributed by atoms with Crippen LogP contribution in [-0.4, -0.2) is 25.8 Å². The van der Waals surface area contributed by atoms with E-state index in [0.29, 0.717) is 38.1 Å². The van der Waals surface area contributed by atoms with Crippen molar-refractivity contribution >= 4 is 46.7 Å². The molecule has 0 saturated heterocycles. The molecule has 0 aromatic heterocycles. The van der Waals surface area contributed by atoms with Crippen LogP contribution < -0.4 is 11.2 Å². The highest BCUT2D eigenvalue weighted by Crippen LogP contribution is 2.28. The van der Waals surface area contributed by atoms with Gasteiger partial charge in [0.25, 0.3) is 5.91 Å². The molecule has 0 radical (unpaired) electrons. The predicted molar refractivity (Wildman–Crippen MR) is 117 cm³/mol. The topological polar surface area (TPSA) is 85.9 Å². The van der Waals surface area contributed by atoms with Gasteiger partial charge in [-0.05, 0) is 24.6 Å². The van der Waals surface area contributed by atoms with E-state index in [1.54, 1.807) is 54.6 Å². The number of hydrogen-bond acceptors (Lipinski definition) is 5. The van der Waals surface area contributed by atoms with E-state index in [-0.39, 0.29) is 5.71 Å². The molecule has 0 aliphatic rings. The minimum atomic E-state index is -0.410. The molecule has 3 N–H and O–H groups in total. The van der Waals surface area contributed by atoms with E-state index in [1.807, 2.05) is 6.92 Å². The van der Waals surface area contributed by atoms with E-state index in [2.05, 4.69) is 10.5 Å². The fourth-order valence-corrected chi connectivity index (χ4v) is 3.16. The summed E-state index contributed by atoms with van der Waals surface area (Å²) in [6.07, 6.45) is 3.55. The summed E-state index contributed by atoms with van der Waals surface area (Å²) >= 11 is 12.4. The highest BCUT2D eigenvalue weighted by atomic mass is 35.5. The van der Waals surface area contributed by atoms with Gasteiger partial charge in [0.15, 0.2) is 11.5 Å². The third-order valence-corrected chi connectivity index (χ3v) is 4.69. The number of benzene rings is 2. The van der Waals surface area contributed by atoms with Crippen molar-refractivity contribution in [2.45, 2.75) is 6.92 Å². The molecule has 1 amide bonds. The van der Waals surface area contributed by atoms with E-state index in [4.69, 9.17) is 38.8 Å². The lowest BCUT2D eigenvalue weighted by Gasteiger charge is -2.14. The lowest BCUT2D eigenvalue weighted by molar-refractivity contribution is -0.114. The zero-order valence-corrected chi connectivity index (χ0v) is 17.7. The Bertz CT molecular complexity index is 965. The molecule has 0 atom stereocenters. The molecule has 2 aromatic rings. The van der Waals surface area contributed by atoms with Gasteiger partial charge in [-0.2, -0.15) is 5.90 Å². The predicted octanol–water partition coefficient (Wildman–Crippen LogP) is 4.42. The molecule has 2 rings (SSSR count). The van der Waals surface area contributed by atoms with E-state index < -0.39 is 5.91 Å². The first kappa shape index (κ1) is 22.5. The third-order valence-electron chi connectivity index (χ3n) is 4.03. The monoisotopic (exact) mass is 433 g/mol. The number of rotatable bonds is 7. The van der Waals surface area contributed by atoms with Crippen molar-refractivity contribution in [3.63, 3.8) is 0 Å². The number of allylic oxidation sites excluding steroid dienone is 2. The SMILES string of the molecule is CNC(=O)C(=NOC)c1ccccc1C(ON)=C(C)C=Cc1c(Cl)cccc1Cl. The number of hydrogen-bond donors (Lipinski definition) is 2.